The number of amides is 1. The third kappa shape index (κ3) is 8.92. The highest BCUT2D eigenvalue weighted by molar-refractivity contribution is 7.89. The Morgan fingerprint density at radius 1 is 1.26 bits per heavy atom. The maximum Gasteiger partial charge on any atom is 0.240 e. The number of carbonyl (C=O) groups excluding carboxylic acids is 1. The van der Waals surface area contributed by atoms with Crippen molar-refractivity contribution in [1.29, 1.82) is 0 Å². The third-order valence-corrected chi connectivity index (χ3v) is 5.32. The van der Waals surface area contributed by atoms with Crippen LogP contribution < -0.4 is 20.5 Å². The van der Waals surface area contributed by atoms with Gasteiger partial charge in [-0.1, -0.05) is 13.8 Å². The van der Waals surface area contributed by atoms with Crippen molar-refractivity contribution in [3.63, 3.8) is 0 Å². The Hall–Kier alpha value is -1.35. The van der Waals surface area contributed by atoms with E-state index in [1.54, 1.807) is 12.1 Å². The molecule has 0 aliphatic heterocycles. The number of nitrogens with one attached hydrogen (secondary N) is 2. The van der Waals surface area contributed by atoms with E-state index in [1.807, 2.05) is 13.8 Å². The predicted molar refractivity (Wildman–Crippen MR) is 110 cm³/mol. The number of sulfonamides is 1. The van der Waals surface area contributed by atoms with Gasteiger partial charge in [0.25, 0.3) is 0 Å². The first-order valence-corrected chi connectivity index (χ1v) is 10.3. The molecule has 0 heterocycles. The van der Waals surface area contributed by atoms with Crippen molar-refractivity contribution in [3.8, 4) is 5.75 Å². The maximum atomic E-state index is 12.3. The molecule has 0 radical (unpaired) electrons. The van der Waals surface area contributed by atoms with Gasteiger partial charge in [0, 0.05) is 25.0 Å². The Kier molecular flexibility index (Phi) is 10.9. The quantitative estimate of drug-likeness (QED) is 0.506. The normalized spacial score (nSPS) is 13.6. The molecule has 9 heteroatoms. The highest BCUT2D eigenvalue weighted by atomic mass is 35.5. The molecule has 27 heavy (non-hydrogen) atoms. The van der Waals surface area contributed by atoms with Crippen molar-refractivity contribution >= 4 is 28.3 Å². The lowest BCUT2D eigenvalue weighted by Gasteiger charge is -2.31. The maximum absolute atomic E-state index is 12.3. The summed E-state index contributed by atoms with van der Waals surface area (Å²) >= 11 is 0. The second-order valence-electron chi connectivity index (χ2n) is 6.96. The summed E-state index contributed by atoms with van der Waals surface area (Å²) in [6, 6.07) is 6.15. The van der Waals surface area contributed by atoms with E-state index in [2.05, 4.69) is 23.9 Å². The van der Waals surface area contributed by atoms with Crippen LogP contribution in [0.3, 0.4) is 0 Å². The summed E-state index contributed by atoms with van der Waals surface area (Å²) in [5.74, 6) is 0.770. The topological polar surface area (TPSA) is 111 Å². The van der Waals surface area contributed by atoms with Crippen LogP contribution in [0.5, 0.6) is 5.75 Å². The van der Waals surface area contributed by atoms with Crippen molar-refractivity contribution in [2.75, 3.05) is 19.7 Å². The number of nitrogens with two attached hydrogens (primary N) is 1. The number of hydrogen-bond acceptors (Lipinski definition) is 5. The molecule has 0 aliphatic carbocycles. The van der Waals surface area contributed by atoms with Gasteiger partial charge in [0.1, 0.15) is 5.75 Å². The average Bonchev–Trinajstić information content (AvgIpc) is 2.54. The van der Waals surface area contributed by atoms with Crippen LogP contribution >= 0.6 is 12.4 Å². The lowest BCUT2D eigenvalue weighted by atomic mass is 9.90. The molecule has 0 spiro atoms. The predicted octanol–water partition coefficient (Wildman–Crippen LogP) is 2.06. The van der Waals surface area contributed by atoms with Crippen LogP contribution in [-0.2, 0) is 14.8 Å². The third-order valence-electron chi connectivity index (χ3n) is 3.84. The zero-order valence-electron chi connectivity index (χ0n) is 16.4. The molecule has 0 aliphatic rings. The number of halogens is 1. The van der Waals surface area contributed by atoms with Crippen molar-refractivity contribution in [3.05, 3.63) is 24.3 Å². The molecule has 1 atom stereocenters. The summed E-state index contributed by atoms with van der Waals surface area (Å²) in [4.78, 5) is 12.3. The van der Waals surface area contributed by atoms with Crippen molar-refractivity contribution in [2.45, 2.75) is 51.0 Å². The zero-order valence-corrected chi connectivity index (χ0v) is 18.1. The van der Waals surface area contributed by atoms with Crippen molar-refractivity contribution in [1.82, 2.24) is 10.0 Å². The molecule has 156 valence electrons. The molecule has 0 saturated carbocycles. The second kappa shape index (κ2) is 11.5. The number of hydrogen-bond donors (Lipinski definition) is 3. The molecule has 0 saturated heterocycles. The molecule has 0 aromatic heterocycles. The SMILES string of the molecule is CCOc1ccc(S(=O)(=O)NCCC(=O)NC(C)(CN)CC(C)C)cc1.Cl. The minimum atomic E-state index is -3.67. The fourth-order valence-electron chi connectivity index (χ4n) is 2.75. The second-order valence-corrected chi connectivity index (χ2v) is 8.73. The lowest BCUT2D eigenvalue weighted by Crippen LogP contribution is -2.52. The first-order valence-electron chi connectivity index (χ1n) is 8.85. The number of rotatable bonds is 11. The van der Waals surface area contributed by atoms with Crippen LogP contribution in [0.4, 0.5) is 0 Å². The van der Waals surface area contributed by atoms with E-state index in [9.17, 15) is 13.2 Å². The van der Waals surface area contributed by atoms with Gasteiger partial charge >= 0.3 is 0 Å². The smallest absolute Gasteiger partial charge is 0.240 e. The summed E-state index contributed by atoms with van der Waals surface area (Å²) in [7, 11) is -3.67. The van der Waals surface area contributed by atoms with Crippen molar-refractivity contribution < 1.29 is 17.9 Å². The van der Waals surface area contributed by atoms with E-state index >= 15 is 0 Å². The summed E-state index contributed by atoms with van der Waals surface area (Å²) in [6.45, 7) is 8.73. The van der Waals surface area contributed by atoms with Gasteiger partial charge in [-0.25, -0.2) is 13.1 Å². The highest BCUT2D eigenvalue weighted by Crippen LogP contribution is 2.16. The monoisotopic (exact) mass is 421 g/mol. The summed E-state index contributed by atoms with van der Waals surface area (Å²) in [6.07, 6.45) is 0.803. The highest BCUT2D eigenvalue weighted by Gasteiger charge is 2.25. The van der Waals surface area contributed by atoms with Gasteiger partial charge in [-0.2, -0.15) is 0 Å². The molecule has 1 amide bonds. The van der Waals surface area contributed by atoms with E-state index in [-0.39, 0.29) is 36.2 Å². The van der Waals surface area contributed by atoms with E-state index in [4.69, 9.17) is 10.5 Å². The molecule has 1 rings (SSSR count). The summed E-state index contributed by atoms with van der Waals surface area (Å²) in [5, 5.41) is 2.91. The van der Waals surface area contributed by atoms with Gasteiger partial charge < -0.3 is 15.8 Å². The molecular weight excluding hydrogens is 390 g/mol. The Balaban J connectivity index is 0.00000676. The van der Waals surface area contributed by atoms with Crippen LogP contribution in [0.15, 0.2) is 29.2 Å². The minimum absolute atomic E-state index is 0. The van der Waals surface area contributed by atoms with Crippen LogP contribution in [0, 0.1) is 5.92 Å². The molecule has 7 nitrogen and oxygen atoms in total. The van der Waals surface area contributed by atoms with Gasteiger partial charge in [-0.05, 0) is 50.5 Å². The van der Waals surface area contributed by atoms with Crippen LogP contribution in [0.2, 0.25) is 0 Å². The standard InChI is InChI=1S/C18H31N3O4S.ClH/c1-5-25-15-6-8-16(9-7-15)26(23,24)20-11-10-17(22)21-18(4,13-19)12-14(2)3;/h6-9,14,20H,5,10-13,19H2,1-4H3,(H,21,22);1H. The fourth-order valence-corrected chi connectivity index (χ4v) is 3.78. The Morgan fingerprint density at radius 3 is 2.33 bits per heavy atom. The van der Waals surface area contributed by atoms with Gasteiger partial charge in [0.15, 0.2) is 0 Å². The van der Waals surface area contributed by atoms with Gasteiger partial charge in [0.2, 0.25) is 15.9 Å². The van der Waals surface area contributed by atoms with E-state index in [0.29, 0.717) is 24.8 Å². The minimum Gasteiger partial charge on any atom is -0.494 e. The van der Waals surface area contributed by atoms with Gasteiger partial charge in [-0.3, -0.25) is 4.79 Å². The fraction of sp³-hybridized carbons (Fsp3) is 0.611. The van der Waals surface area contributed by atoms with Gasteiger partial charge in [0.05, 0.1) is 11.5 Å². The van der Waals surface area contributed by atoms with Crippen LogP contribution in [0.25, 0.3) is 0 Å². The van der Waals surface area contributed by atoms with Gasteiger partial charge in [-0.15, -0.1) is 12.4 Å². The molecule has 1 unspecified atom stereocenters. The lowest BCUT2D eigenvalue weighted by molar-refractivity contribution is -0.122. The molecule has 1 aromatic rings. The Morgan fingerprint density at radius 2 is 1.85 bits per heavy atom. The first kappa shape index (κ1) is 25.6. The van der Waals surface area contributed by atoms with Crippen LogP contribution in [-0.4, -0.2) is 39.6 Å². The number of benzene rings is 1. The molecule has 0 fully saturated rings. The summed E-state index contributed by atoms with van der Waals surface area (Å²) < 4.78 is 32.3. The largest absolute Gasteiger partial charge is 0.494 e. The molecular formula is C18H32ClN3O4S. The Bertz CT molecular complexity index is 680. The molecule has 4 N–H and O–H groups in total. The first-order chi connectivity index (χ1) is 12.1. The van der Waals surface area contributed by atoms with E-state index in [1.165, 1.54) is 12.1 Å². The number of carbonyl (C=O) groups is 1. The molecule has 0 bridgehead atoms. The average molecular weight is 422 g/mol. The van der Waals surface area contributed by atoms with Crippen LogP contribution in [0.1, 0.15) is 40.5 Å². The van der Waals surface area contributed by atoms with Crippen molar-refractivity contribution in [2.24, 2.45) is 11.7 Å². The number of ether oxygens (including phenoxy) is 1. The molecule has 1 aromatic carbocycles. The summed E-state index contributed by atoms with van der Waals surface area (Å²) in [5.41, 5.74) is 5.29. The van der Waals surface area contributed by atoms with E-state index in [0.717, 1.165) is 6.42 Å². The Labute approximate surface area is 168 Å². The zero-order chi connectivity index (χ0) is 19.8. The van der Waals surface area contributed by atoms with E-state index < -0.39 is 15.6 Å².